The van der Waals surface area contributed by atoms with E-state index in [1.165, 1.54) is 5.57 Å². The molecule has 1 fully saturated rings. The maximum atomic E-state index is 12.5. The topological polar surface area (TPSA) is 48.7 Å². The number of furan rings is 1. The van der Waals surface area contributed by atoms with E-state index in [1.54, 1.807) is 18.4 Å². The predicted molar refractivity (Wildman–Crippen MR) is 102 cm³/mol. The van der Waals surface area contributed by atoms with Crippen LogP contribution in [-0.4, -0.2) is 19.2 Å². The minimum absolute atomic E-state index is 0.0864. The fraction of sp³-hybridized carbons (Fsp3) is 0.435. The van der Waals surface area contributed by atoms with Crippen LogP contribution in [0.5, 0.6) is 0 Å². The largest absolute Gasteiger partial charge is 0.467 e. The molecule has 0 amide bonds. The van der Waals surface area contributed by atoms with Crippen LogP contribution in [0.25, 0.3) is 0 Å². The Balaban J connectivity index is 1.58. The fourth-order valence-electron chi connectivity index (χ4n) is 4.82. The molecule has 0 N–H and O–H groups in total. The smallest absolute Gasteiger partial charge is 0.338 e. The fourth-order valence-corrected chi connectivity index (χ4v) is 4.82. The van der Waals surface area contributed by atoms with E-state index >= 15 is 0 Å². The summed E-state index contributed by atoms with van der Waals surface area (Å²) in [4.78, 5) is 12.5. The summed E-state index contributed by atoms with van der Waals surface area (Å²) in [5.74, 6) is 1.38. The third-order valence-corrected chi connectivity index (χ3v) is 6.55. The molecule has 4 heteroatoms. The molecule has 4 nitrogen and oxygen atoms in total. The molecule has 2 heterocycles. The van der Waals surface area contributed by atoms with Gasteiger partial charge in [0.25, 0.3) is 0 Å². The van der Waals surface area contributed by atoms with E-state index in [2.05, 4.69) is 26.8 Å². The van der Waals surface area contributed by atoms with Crippen LogP contribution in [0.1, 0.15) is 43.0 Å². The first-order valence-corrected chi connectivity index (χ1v) is 9.58. The highest BCUT2D eigenvalue weighted by molar-refractivity contribution is 5.89. The van der Waals surface area contributed by atoms with Gasteiger partial charge < -0.3 is 13.9 Å². The minimum Gasteiger partial charge on any atom is -0.467 e. The normalized spacial score (nSPS) is 32.6. The number of fused-ring (bicyclic) bond motifs is 2. The maximum Gasteiger partial charge on any atom is 0.338 e. The maximum absolute atomic E-state index is 12.5. The molecule has 142 valence electrons. The molecule has 27 heavy (non-hydrogen) atoms. The first kappa shape index (κ1) is 18.1. The Morgan fingerprint density at radius 3 is 2.67 bits per heavy atom. The molecule has 1 saturated heterocycles. The number of hydrogen-bond donors (Lipinski definition) is 0. The van der Waals surface area contributed by atoms with Gasteiger partial charge in [-0.3, -0.25) is 0 Å². The van der Waals surface area contributed by atoms with Crippen molar-refractivity contribution in [1.82, 2.24) is 0 Å². The van der Waals surface area contributed by atoms with Gasteiger partial charge in [-0.1, -0.05) is 43.7 Å². The number of carbonyl (C=O) groups excluding carboxylic acids is 1. The van der Waals surface area contributed by atoms with Crippen molar-refractivity contribution < 1.29 is 18.7 Å². The van der Waals surface area contributed by atoms with Gasteiger partial charge in [0.15, 0.2) is 0 Å². The Bertz CT molecular complexity index is 823. The van der Waals surface area contributed by atoms with Crippen molar-refractivity contribution in [3.63, 3.8) is 0 Å². The van der Waals surface area contributed by atoms with Crippen molar-refractivity contribution >= 4 is 5.97 Å². The molecule has 0 saturated carbocycles. The van der Waals surface area contributed by atoms with Crippen LogP contribution in [0.2, 0.25) is 0 Å². The Labute approximate surface area is 160 Å². The Hall–Kier alpha value is -2.33. The van der Waals surface area contributed by atoms with Crippen molar-refractivity contribution in [2.45, 2.75) is 26.9 Å². The lowest BCUT2D eigenvalue weighted by Crippen LogP contribution is -2.54. The lowest BCUT2D eigenvalue weighted by Gasteiger charge is -2.54. The summed E-state index contributed by atoms with van der Waals surface area (Å²) in [5.41, 5.74) is 1.68. The molecule has 0 spiro atoms. The average molecular weight is 366 g/mol. The van der Waals surface area contributed by atoms with Gasteiger partial charge in [0.2, 0.25) is 0 Å². The number of esters is 1. The number of ether oxygens (including phenoxy) is 2. The van der Waals surface area contributed by atoms with Crippen LogP contribution < -0.4 is 0 Å². The molecule has 0 unspecified atom stereocenters. The molecule has 0 radical (unpaired) electrons. The monoisotopic (exact) mass is 366 g/mol. The molecule has 2 bridgehead atoms. The van der Waals surface area contributed by atoms with Crippen molar-refractivity contribution in [3.05, 3.63) is 71.7 Å². The lowest BCUT2D eigenvalue weighted by atomic mass is 9.56. The van der Waals surface area contributed by atoms with Gasteiger partial charge in [-0.2, -0.15) is 0 Å². The molecule has 1 aromatic carbocycles. The zero-order valence-corrected chi connectivity index (χ0v) is 16.1. The highest BCUT2D eigenvalue weighted by atomic mass is 16.5. The Morgan fingerprint density at radius 1 is 1.19 bits per heavy atom. The first-order valence-electron chi connectivity index (χ1n) is 9.58. The number of allylic oxidation sites excluding steroid dienone is 1. The van der Waals surface area contributed by atoms with Crippen LogP contribution in [0, 0.1) is 23.2 Å². The standard InChI is InChI=1S/C23H26O4/c1-15-12-16(2)23(14-27-22(24)18-8-5-4-6-9-18)13-26-21(20(15)17(23)3)19-10-7-11-25-19/h4-12,16-17,20-21H,13-14H2,1-3H3/t16-,17-,20-,21-,23+/m0/s1. The third kappa shape index (κ3) is 3.02. The van der Waals surface area contributed by atoms with E-state index in [-0.39, 0.29) is 29.3 Å². The van der Waals surface area contributed by atoms with E-state index in [4.69, 9.17) is 13.9 Å². The van der Waals surface area contributed by atoms with Crippen LogP contribution in [0.4, 0.5) is 0 Å². The van der Waals surface area contributed by atoms with Crippen molar-refractivity contribution in [2.75, 3.05) is 13.2 Å². The van der Waals surface area contributed by atoms with Crippen LogP contribution in [-0.2, 0) is 9.47 Å². The molecule has 4 rings (SSSR count). The Morgan fingerprint density at radius 2 is 1.96 bits per heavy atom. The predicted octanol–water partition coefficient (Wildman–Crippen LogP) is 5.04. The summed E-state index contributed by atoms with van der Waals surface area (Å²) < 4.78 is 17.7. The van der Waals surface area contributed by atoms with E-state index in [1.807, 2.05) is 30.3 Å². The van der Waals surface area contributed by atoms with Gasteiger partial charge in [0.05, 0.1) is 18.4 Å². The number of benzene rings is 1. The zero-order chi connectivity index (χ0) is 19.0. The van der Waals surface area contributed by atoms with Gasteiger partial charge >= 0.3 is 5.97 Å². The average Bonchev–Trinajstić information content (AvgIpc) is 3.20. The van der Waals surface area contributed by atoms with E-state index in [9.17, 15) is 4.79 Å². The van der Waals surface area contributed by atoms with Gasteiger partial charge in [-0.25, -0.2) is 4.79 Å². The molecule has 1 aromatic heterocycles. The third-order valence-electron chi connectivity index (χ3n) is 6.55. The second-order valence-electron chi connectivity index (χ2n) is 7.94. The number of rotatable bonds is 4. The molecule has 2 aliphatic rings. The second kappa shape index (κ2) is 7.01. The minimum atomic E-state index is -0.277. The quantitative estimate of drug-likeness (QED) is 0.562. The summed E-state index contributed by atoms with van der Waals surface area (Å²) >= 11 is 0. The van der Waals surface area contributed by atoms with Gasteiger partial charge in [0.1, 0.15) is 18.5 Å². The SMILES string of the molecule is CC1=C[C@H](C)[C@]2(COC(=O)c3ccccc3)CO[C@@H](c3ccco3)[C@@H]1[C@@H]2C. The first-order chi connectivity index (χ1) is 13.0. The molecular formula is C23H26O4. The molecular weight excluding hydrogens is 340 g/mol. The Kier molecular flexibility index (Phi) is 4.68. The summed E-state index contributed by atoms with van der Waals surface area (Å²) in [5, 5.41) is 0. The number of carbonyl (C=O) groups is 1. The highest BCUT2D eigenvalue weighted by Crippen LogP contribution is 2.56. The molecule has 1 aliphatic heterocycles. The van der Waals surface area contributed by atoms with Crippen molar-refractivity contribution in [3.8, 4) is 0 Å². The van der Waals surface area contributed by atoms with Crippen molar-refractivity contribution in [2.24, 2.45) is 23.2 Å². The molecule has 1 aliphatic carbocycles. The zero-order valence-electron chi connectivity index (χ0n) is 16.1. The van der Waals surface area contributed by atoms with E-state index in [0.717, 1.165) is 5.76 Å². The van der Waals surface area contributed by atoms with Gasteiger partial charge in [0, 0.05) is 11.3 Å². The second-order valence-corrected chi connectivity index (χ2v) is 7.94. The van der Waals surface area contributed by atoms with E-state index in [0.29, 0.717) is 24.7 Å². The van der Waals surface area contributed by atoms with Gasteiger partial charge in [-0.05, 0) is 43.0 Å². The summed E-state index contributed by atoms with van der Waals surface area (Å²) in [7, 11) is 0. The van der Waals surface area contributed by atoms with Crippen LogP contribution in [0.3, 0.4) is 0 Å². The summed E-state index contributed by atoms with van der Waals surface area (Å²) in [6, 6.07) is 13.0. The van der Waals surface area contributed by atoms with Crippen molar-refractivity contribution in [1.29, 1.82) is 0 Å². The summed E-state index contributed by atoms with van der Waals surface area (Å²) in [6.07, 6.45) is 3.92. The van der Waals surface area contributed by atoms with Gasteiger partial charge in [-0.15, -0.1) is 0 Å². The molecule has 2 aromatic rings. The highest BCUT2D eigenvalue weighted by Gasteiger charge is 2.55. The van der Waals surface area contributed by atoms with Crippen LogP contribution in [0.15, 0.2) is 64.8 Å². The summed E-state index contributed by atoms with van der Waals surface area (Å²) in [6.45, 7) is 7.52. The van der Waals surface area contributed by atoms with Crippen LogP contribution >= 0.6 is 0 Å². The lowest BCUT2D eigenvalue weighted by molar-refractivity contribution is -0.170. The molecule has 5 atom stereocenters. The number of hydrogen-bond acceptors (Lipinski definition) is 4. The van der Waals surface area contributed by atoms with E-state index < -0.39 is 0 Å².